The van der Waals surface area contributed by atoms with E-state index < -0.39 is 61.1 Å². The number of hydrogen-bond donors (Lipinski definition) is 6. The number of carbonyl (C=O) groups is 2. The SMILES string of the molecule is COC(=O)[C@]1(O)C[C@H](O)[C@H](NC(C)=O)[C@H]([C@H](O)[C@H](O)CO)O1. The van der Waals surface area contributed by atoms with Gasteiger partial charge in [0.25, 0.3) is 5.79 Å². The van der Waals surface area contributed by atoms with Gasteiger partial charge in [-0.2, -0.15) is 0 Å². The van der Waals surface area contributed by atoms with Gasteiger partial charge in [0.1, 0.15) is 18.3 Å². The van der Waals surface area contributed by atoms with E-state index in [0.29, 0.717) is 0 Å². The second-order valence-electron chi connectivity index (χ2n) is 5.10. The maximum atomic E-state index is 11.6. The highest BCUT2D eigenvalue weighted by molar-refractivity contribution is 5.78. The molecule has 10 heteroatoms. The number of rotatable bonds is 5. The Balaban J connectivity index is 3.09. The van der Waals surface area contributed by atoms with Crippen molar-refractivity contribution >= 4 is 11.9 Å². The molecule has 1 heterocycles. The van der Waals surface area contributed by atoms with E-state index in [-0.39, 0.29) is 0 Å². The minimum atomic E-state index is -2.55. The van der Waals surface area contributed by atoms with Gasteiger partial charge in [0, 0.05) is 13.3 Å². The lowest BCUT2D eigenvalue weighted by Gasteiger charge is -2.45. The summed E-state index contributed by atoms with van der Waals surface area (Å²) in [4.78, 5) is 22.8. The number of nitrogens with one attached hydrogen (secondary N) is 1. The standard InChI is InChI=1S/C12H21NO9/c1-5(15)13-8-6(16)3-12(20,11(19)21-2)22-10(8)9(18)7(17)4-14/h6-10,14,16-18,20H,3-4H2,1-2H3,(H,13,15)/t6-,7+,8-,9+,10+,12-/m0/s1. The van der Waals surface area contributed by atoms with Crippen LogP contribution in [0.2, 0.25) is 0 Å². The number of aliphatic hydroxyl groups is 5. The Kier molecular flexibility index (Phi) is 6.23. The molecule has 1 amide bonds. The summed E-state index contributed by atoms with van der Waals surface area (Å²) in [5.74, 6) is -4.32. The van der Waals surface area contributed by atoms with Gasteiger partial charge in [-0.05, 0) is 0 Å². The van der Waals surface area contributed by atoms with Crippen molar-refractivity contribution in [2.24, 2.45) is 0 Å². The van der Waals surface area contributed by atoms with E-state index in [1.807, 2.05) is 0 Å². The van der Waals surface area contributed by atoms with Gasteiger partial charge >= 0.3 is 5.97 Å². The number of aliphatic hydroxyl groups excluding tert-OH is 4. The third-order valence-electron chi connectivity index (χ3n) is 3.38. The van der Waals surface area contributed by atoms with Gasteiger partial charge in [-0.25, -0.2) is 4.79 Å². The average molecular weight is 323 g/mol. The van der Waals surface area contributed by atoms with Gasteiger partial charge < -0.3 is 40.3 Å². The molecule has 0 aromatic heterocycles. The van der Waals surface area contributed by atoms with Gasteiger partial charge in [0.2, 0.25) is 5.91 Å². The Morgan fingerprint density at radius 3 is 2.50 bits per heavy atom. The molecule has 1 rings (SSSR count). The molecule has 10 nitrogen and oxygen atoms in total. The molecule has 0 bridgehead atoms. The number of ether oxygens (including phenoxy) is 2. The molecule has 0 aromatic carbocycles. The van der Waals surface area contributed by atoms with Crippen molar-refractivity contribution in [2.45, 2.75) is 49.6 Å². The van der Waals surface area contributed by atoms with Crippen molar-refractivity contribution in [1.82, 2.24) is 5.32 Å². The lowest BCUT2D eigenvalue weighted by Crippen LogP contribution is -2.67. The molecule has 1 fully saturated rings. The lowest BCUT2D eigenvalue weighted by molar-refractivity contribution is -0.296. The first kappa shape index (κ1) is 18.7. The first-order chi connectivity index (χ1) is 10.2. The van der Waals surface area contributed by atoms with Crippen LogP contribution in [-0.4, -0.2) is 87.4 Å². The Morgan fingerprint density at radius 2 is 2.05 bits per heavy atom. The van der Waals surface area contributed by atoms with Crippen LogP contribution < -0.4 is 5.32 Å². The zero-order chi connectivity index (χ0) is 17.1. The summed E-state index contributed by atoms with van der Waals surface area (Å²) in [7, 11) is 0.990. The van der Waals surface area contributed by atoms with Gasteiger partial charge in [0.15, 0.2) is 0 Å². The predicted octanol–water partition coefficient (Wildman–Crippen LogP) is -3.78. The van der Waals surface area contributed by atoms with E-state index >= 15 is 0 Å². The van der Waals surface area contributed by atoms with Gasteiger partial charge in [-0.15, -0.1) is 0 Å². The highest BCUT2D eigenvalue weighted by Crippen LogP contribution is 2.31. The molecule has 0 saturated carbocycles. The molecule has 0 unspecified atom stereocenters. The van der Waals surface area contributed by atoms with E-state index in [1.165, 1.54) is 0 Å². The van der Waals surface area contributed by atoms with Crippen LogP contribution in [-0.2, 0) is 19.1 Å². The van der Waals surface area contributed by atoms with Crippen LogP contribution in [0.5, 0.6) is 0 Å². The van der Waals surface area contributed by atoms with E-state index in [4.69, 9.17) is 9.84 Å². The maximum Gasteiger partial charge on any atom is 0.366 e. The van der Waals surface area contributed by atoms with Crippen molar-refractivity contribution in [1.29, 1.82) is 0 Å². The number of hydrogen-bond acceptors (Lipinski definition) is 9. The van der Waals surface area contributed by atoms with E-state index in [0.717, 1.165) is 14.0 Å². The lowest BCUT2D eigenvalue weighted by atomic mass is 9.88. The summed E-state index contributed by atoms with van der Waals surface area (Å²) < 4.78 is 9.45. The third kappa shape index (κ3) is 3.91. The number of esters is 1. The van der Waals surface area contributed by atoms with E-state index in [1.54, 1.807) is 0 Å². The molecule has 0 spiro atoms. The molecule has 0 aliphatic carbocycles. The van der Waals surface area contributed by atoms with Crippen LogP contribution in [0, 0.1) is 0 Å². The number of methoxy groups -OCH3 is 1. The van der Waals surface area contributed by atoms with Crippen LogP contribution in [0.3, 0.4) is 0 Å². The number of amides is 1. The topological polar surface area (TPSA) is 166 Å². The van der Waals surface area contributed by atoms with Crippen LogP contribution in [0.15, 0.2) is 0 Å². The van der Waals surface area contributed by atoms with Crippen molar-refractivity contribution in [3.05, 3.63) is 0 Å². The monoisotopic (exact) mass is 323 g/mol. The van der Waals surface area contributed by atoms with Gasteiger partial charge in [-0.3, -0.25) is 4.79 Å². The van der Waals surface area contributed by atoms with Crippen LogP contribution in [0.4, 0.5) is 0 Å². The molecule has 0 aromatic rings. The molecular formula is C12H21NO9. The molecule has 1 saturated heterocycles. The predicted molar refractivity (Wildman–Crippen MR) is 69.2 cm³/mol. The van der Waals surface area contributed by atoms with Crippen LogP contribution >= 0.6 is 0 Å². The molecule has 6 atom stereocenters. The third-order valence-corrected chi connectivity index (χ3v) is 3.38. The fourth-order valence-electron chi connectivity index (χ4n) is 2.29. The van der Waals surface area contributed by atoms with Crippen molar-refractivity contribution in [3.8, 4) is 0 Å². The second kappa shape index (κ2) is 7.31. The second-order valence-corrected chi connectivity index (χ2v) is 5.10. The fourth-order valence-corrected chi connectivity index (χ4v) is 2.29. The highest BCUT2D eigenvalue weighted by Gasteiger charge is 2.54. The molecule has 1 aliphatic rings. The van der Waals surface area contributed by atoms with Crippen molar-refractivity contribution < 1.29 is 44.6 Å². The first-order valence-corrected chi connectivity index (χ1v) is 6.57. The zero-order valence-corrected chi connectivity index (χ0v) is 12.2. The molecule has 128 valence electrons. The summed E-state index contributed by atoms with van der Waals surface area (Å²) >= 11 is 0. The van der Waals surface area contributed by atoms with Crippen LogP contribution in [0.1, 0.15) is 13.3 Å². The maximum absolute atomic E-state index is 11.6. The van der Waals surface area contributed by atoms with Gasteiger partial charge in [-0.1, -0.05) is 0 Å². The highest BCUT2D eigenvalue weighted by atomic mass is 16.7. The Labute approximate surface area is 126 Å². The molecule has 1 aliphatic heterocycles. The number of carbonyl (C=O) groups excluding carboxylic acids is 2. The zero-order valence-electron chi connectivity index (χ0n) is 12.2. The molecule has 22 heavy (non-hydrogen) atoms. The summed E-state index contributed by atoms with van der Waals surface area (Å²) in [6, 6.07) is -1.21. The fraction of sp³-hybridized carbons (Fsp3) is 0.833. The summed E-state index contributed by atoms with van der Waals surface area (Å²) in [6.45, 7) is 0.320. The minimum Gasteiger partial charge on any atom is -0.465 e. The Hall–Kier alpha value is -1.30. The van der Waals surface area contributed by atoms with Crippen molar-refractivity contribution in [2.75, 3.05) is 13.7 Å². The normalized spacial score (nSPS) is 34.6. The quantitative estimate of drug-likeness (QED) is 0.278. The molecule has 0 radical (unpaired) electrons. The first-order valence-electron chi connectivity index (χ1n) is 6.57. The summed E-state index contributed by atoms with van der Waals surface area (Å²) in [5.41, 5.74) is 0. The Bertz CT molecular complexity index is 417. The molecule has 6 N–H and O–H groups in total. The summed E-state index contributed by atoms with van der Waals surface area (Å²) in [6.07, 6.45) is -7.09. The average Bonchev–Trinajstić information content (AvgIpc) is 2.46. The van der Waals surface area contributed by atoms with Crippen LogP contribution in [0.25, 0.3) is 0 Å². The van der Waals surface area contributed by atoms with E-state index in [9.17, 15) is 30.0 Å². The van der Waals surface area contributed by atoms with E-state index in [2.05, 4.69) is 10.1 Å². The van der Waals surface area contributed by atoms with Crippen molar-refractivity contribution in [3.63, 3.8) is 0 Å². The smallest absolute Gasteiger partial charge is 0.366 e. The minimum absolute atomic E-state index is 0.563. The summed E-state index contributed by atoms with van der Waals surface area (Å²) in [5, 5.41) is 50.8. The largest absolute Gasteiger partial charge is 0.465 e. The Morgan fingerprint density at radius 1 is 1.45 bits per heavy atom. The molecular weight excluding hydrogens is 302 g/mol. The van der Waals surface area contributed by atoms with Gasteiger partial charge in [0.05, 0.1) is 25.9 Å².